The lowest BCUT2D eigenvalue weighted by molar-refractivity contribution is -0.382. The summed E-state index contributed by atoms with van der Waals surface area (Å²) in [6.45, 7) is 0. The molecule has 0 saturated carbocycles. The van der Waals surface area contributed by atoms with Crippen LogP contribution in [0.25, 0.3) is 60.6 Å². The third-order valence-electron chi connectivity index (χ3n) is 6.70. The van der Waals surface area contributed by atoms with E-state index < -0.39 is 0 Å². The van der Waals surface area contributed by atoms with Crippen molar-refractivity contribution in [2.75, 3.05) is 0 Å². The van der Waals surface area contributed by atoms with Crippen LogP contribution >= 0.6 is 0 Å². The molecule has 2 heterocycles. The highest BCUT2D eigenvalue weighted by atomic mass is 16.6. The van der Waals surface area contributed by atoms with E-state index in [9.17, 15) is 10.1 Å². The van der Waals surface area contributed by atoms with Crippen molar-refractivity contribution in [1.29, 1.82) is 0 Å². The Morgan fingerprint density at radius 2 is 1.34 bits per heavy atom. The Morgan fingerprint density at radius 1 is 0.629 bits per heavy atom. The molecule has 0 amide bonds. The van der Waals surface area contributed by atoms with E-state index in [2.05, 4.69) is 0 Å². The van der Waals surface area contributed by atoms with Crippen LogP contribution in [-0.2, 0) is 0 Å². The summed E-state index contributed by atoms with van der Waals surface area (Å²) in [5.74, 6) is 0. The van der Waals surface area contributed by atoms with Gasteiger partial charge in [0.25, 0.3) is 0 Å². The highest BCUT2D eigenvalue weighted by Gasteiger charge is 2.27. The van der Waals surface area contributed by atoms with Crippen LogP contribution in [0.4, 0.5) is 5.69 Å². The quantitative estimate of drug-likeness (QED) is 0.199. The summed E-state index contributed by atoms with van der Waals surface area (Å²) in [4.78, 5) is 12.5. The van der Waals surface area contributed by atoms with Gasteiger partial charge in [0.2, 0.25) is 0 Å². The first-order valence-corrected chi connectivity index (χ1v) is 11.4. The predicted octanol–water partition coefficient (Wildman–Crippen LogP) is 8.26. The second-order valence-corrected chi connectivity index (χ2v) is 8.58. The Labute approximate surface area is 199 Å². The van der Waals surface area contributed by atoms with Crippen LogP contribution in [-0.4, -0.2) is 9.49 Å². The first kappa shape index (κ1) is 19.6. The Balaban J connectivity index is 1.66. The largest absolute Gasteiger partial charge is 0.455 e. The molecule has 5 heteroatoms. The van der Waals surface area contributed by atoms with Gasteiger partial charge in [-0.15, -0.1) is 0 Å². The number of para-hydroxylation sites is 4. The van der Waals surface area contributed by atoms with Crippen molar-refractivity contribution in [3.05, 3.63) is 119 Å². The van der Waals surface area contributed by atoms with Crippen LogP contribution in [0, 0.1) is 10.1 Å². The van der Waals surface area contributed by atoms with E-state index in [4.69, 9.17) is 4.42 Å². The highest BCUT2D eigenvalue weighted by molar-refractivity contribution is 6.16. The van der Waals surface area contributed by atoms with Crippen LogP contribution in [0.2, 0.25) is 0 Å². The molecule has 166 valence electrons. The standard InChI is InChI=1S/C30H18N2O3/c33-32(34)29-23(25-14-8-13-24-21-12-5-7-16-27(21)35-30(24)25)18-17-22-20-11-4-6-15-26(20)31(28(22)29)19-9-2-1-3-10-19/h1-18H. The predicted molar refractivity (Wildman–Crippen MR) is 140 cm³/mol. The summed E-state index contributed by atoms with van der Waals surface area (Å²) in [6.07, 6.45) is 0. The summed E-state index contributed by atoms with van der Waals surface area (Å²) < 4.78 is 8.22. The lowest BCUT2D eigenvalue weighted by Crippen LogP contribution is -1.99. The molecule has 7 rings (SSSR count). The molecular formula is C30H18N2O3. The minimum absolute atomic E-state index is 0.0653. The van der Waals surface area contributed by atoms with Crippen molar-refractivity contribution in [1.82, 2.24) is 4.57 Å². The fourth-order valence-electron chi connectivity index (χ4n) is 5.25. The van der Waals surface area contributed by atoms with Crippen molar-refractivity contribution < 1.29 is 9.34 Å². The number of rotatable bonds is 3. The topological polar surface area (TPSA) is 61.2 Å². The Bertz CT molecular complexity index is 1930. The Morgan fingerprint density at radius 3 is 2.17 bits per heavy atom. The van der Waals surface area contributed by atoms with Crippen LogP contribution in [0.15, 0.2) is 114 Å². The maximum absolute atomic E-state index is 12.7. The van der Waals surface area contributed by atoms with Crippen LogP contribution < -0.4 is 0 Å². The molecule has 35 heavy (non-hydrogen) atoms. The number of aromatic nitrogens is 1. The third kappa shape index (κ3) is 2.75. The van der Waals surface area contributed by atoms with Gasteiger partial charge in [0.05, 0.1) is 16.0 Å². The van der Waals surface area contributed by atoms with E-state index in [1.165, 1.54) is 0 Å². The molecule has 7 aromatic rings. The molecule has 0 aliphatic rings. The van der Waals surface area contributed by atoms with Gasteiger partial charge in [-0.25, -0.2) is 0 Å². The van der Waals surface area contributed by atoms with Crippen molar-refractivity contribution in [2.24, 2.45) is 0 Å². The van der Waals surface area contributed by atoms with Crippen molar-refractivity contribution >= 4 is 49.4 Å². The molecule has 0 N–H and O–H groups in total. The zero-order chi connectivity index (χ0) is 23.5. The summed E-state index contributed by atoms with van der Waals surface area (Å²) in [5, 5.41) is 16.5. The van der Waals surface area contributed by atoms with Crippen molar-refractivity contribution in [3.63, 3.8) is 0 Å². The van der Waals surface area contributed by atoms with E-state index in [-0.39, 0.29) is 10.6 Å². The van der Waals surface area contributed by atoms with Crippen molar-refractivity contribution in [3.8, 4) is 16.8 Å². The lowest BCUT2D eigenvalue weighted by atomic mass is 9.98. The molecular weight excluding hydrogens is 436 g/mol. The van der Waals surface area contributed by atoms with Gasteiger partial charge in [-0.05, 0) is 30.3 Å². The molecule has 5 aromatic carbocycles. The monoisotopic (exact) mass is 454 g/mol. The molecule has 0 aliphatic heterocycles. The molecule has 2 aromatic heterocycles. The second-order valence-electron chi connectivity index (χ2n) is 8.58. The zero-order valence-electron chi connectivity index (χ0n) is 18.5. The first-order chi connectivity index (χ1) is 17.2. The molecule has 0 spiro atoms. The van der Waals surface area contributed by atoms with Gasteiger partial charge >= 0.3 is 5.69 Å². The SMILES string of the molecule is O=[N+]([O-])c1c(-c2cccc3c2oc2ccccc23)ccc2c3ccccc3n(-c3ccccc3)c12. The molecule has 0 atom stereocenters. The van der Waals surface area contributed by atoms with E-state index >= 15 is 0 Å². The summed E-state index contributed by atoms with van der Waals surface area (Å²) in [5.41, 5.74) is 5.10. The Kier molecular flexibility index (Phi) is 4.08. The fraction of sp³-hybridized carbons (Fsp3) is 0. The molecule has 5 nitrogen and oxygen atoms in total. The number of furan rings is 1. The van der Waals surface area contributed by atoms with E-state index in [1.807, 2.05) is 114 Å². The number of nitro benzene ring substituents is 1. The van der Waals surface area contributed by atoms with E-state index in [1.54, 1.807) is 0 Å². The van der Waals surface area contributed by atoms with Gasteiger partial charge in [-0.1, -0.05) is 78.9 Å². The lowest BCUT2D eigenvalue weighted by Gasteiger charge is -2.10. The van der Waals surface area contributed by atoms with Gasteiger partial charge in [-0.2, -0.15) is 0 Å². The molecule has 0 unspecified atom stereocenters. The number of nitrogens with zero attached hydrogens (tertiary/aromatic N) is 2. The molecule has 0 bridgehead atoms. The van der Waals surface area contributed by atoms with Crippen LogP contribution in [0.3, 0.4) is 0 Å². The zero-order valence-corrected chi connectivity index (χ0v) is 18.5. The average molecular weight is 454 g/mol. The number of hydrogen-bond donors (Lipinski definition) is 0. The first-order valence-electron chi connectivity index (χ1n) is 11.4. The smallest absolute Gasteiger partial charge is 0.301 e. The molecule has 0 radical (unpaired) electrons. The third-order valence-corrected chi connectivity index (χ3v) is 6.70. The number of nitro groups is 1. The van der Waals surface area contributed by atoms with E-state index in [0.717, 1.165) is 38.3 Å². The summed E-state index contributed by atoms with van der Waals surface area (Å²) in [6, 6.07) is 35.2. The van der Waals surface area contributed by atoms with E-state index in [0.29, 0.717) is 22.2 Å². The second kappa shape index (κ2) is 7.30. The number of benzene rings is 5. The van der Waals surface area contributed by atoms with Crippen LogP contribution in [0.5, 0.6) is 0 Å². The normalized spacial score (nSPS) is 11.7. The molecule has 0 saturated heterocycles. The highest BCUT2D eigenvalue weighted by Crippen LogP contribution is 2.45. The van der Waals surface area contributed by atoms with Gasteiger partial charge in [0, 0.05) is 32.8 Å². The number of fused-ring (bicyclic) bond motifs is 6. The molecule has 0 fully saturated rings. The van der Waals surface area contributed by atoms with Gasteiger partial charge in [0.15, 0.2) is 0 Å². The van der Waals surface area contributed by atoms with Crippen LogP contribution in [0.1, 0.15) is 0 Å². The van der Waals surface area contributed by atoms with Gasteiger partial charge in [0.1, 0.15) is 16.7 Å². The van der Waals surface area contributed by atoms with Gasteiger partial charge < -0.3 is 8.98 Å². The minimum Gasteiger partial charge on any atom is -0.455 e. The summed E-state index contributed by atoms with van der Waals surface area (Å²) in [7, 11) is 0. The maximum Gasteiger partial charge on any atom is 0.301 e. The van der Waals surface area contributed by atoms with Crippen molar-refractivity contribution in [2.45, 2.75) is 0 Å². The maximum atomic E-state index is 12.7. The minimum atomic E-state index is -0.266. The molecule has 0 aliphatic carbocycles. The number of hydrogen-bond acceptors (Lipinski definition) is 3. The summed E-state index contributed by atoms with van der Waals surface area (Å²) >= 11 is 0. The van der Waals surface area contributed by atoms with Gasteiger partial charge in [-0.3, -0.25) is 10.1 Å². The Hall–Kier alpha value is -4.90. The average Bonchev–Trinajstić information content (AvgIpc) is 3.44. The fourth-order valence-corrected chi connectivity index (χ4v) is 5.25.